The topological polar surface area (TPSA) is 108 Å². The predicted octanol–water partition coefficient (Wildman–Crippen LogP) is 1.75. The number of carbonyl (C=O) groups excluding carboxylic acids is 2. The lowest BCUT2D eigenvalue weighted by Gasteiger charge is -2.43. The fourth-order valence-electron chi connectivity index (χ4n) is 6.16. The zero-order valence-corrected chi connectivity index (χ0v) is 20.1. The molecular formula is C27H36N2O6. The van der Waals surface area contributed by atoms with Gasteiger partial charge in [0.05, 0.1) is 31.1 Å². The Kier molecular flexibility index (Phi) is 7.41. The van der Waals surface area contributed by atoms with Crippen molar-refractivity contribution in [2.45, 2.75) is 62.7 Å². The summed E-state index contributed by atoms with van der Waals surface area (Å²) in [4.78, 5) is 28.8. The van der Waals surface area contributed by atoms with Crippen LogP contribution in [0, 0.1) is 11.8 Å². The van der Waals surface area contributed by atoms with Gasteiger partial charge in [-0.15, -0.1) is 0 Å². The number of rotatable bonds is 7. The van der Waals surface area contributed by atoms with Crippen LogP contribution in [0.4, 0.5) is 0 Å². The van der Waals surface area contributed by atoms with Crippen LogP contribution in [0.5, 0.6) is 5.75 Å². The molecule has 8 nitrogen and oxygen atoms in total. The Bertz CT molecular complexity index is 953. The molecule has 1 aromatic rings. The molecule has 1 saturated heterocycles. The first-order valence-corrected chi connectivity index (χ1v) is 13.0. The average Bonchev–Trinajstić information content (AvgIpc) is 3.56. The van der Waals surface area contributed by atoms with Crippen LogP contribution in [-0.2, 0) is 14.3 Å². The molecule has 5 rings (SSSR count). The van der Waals surface area contributed by atoms with Gasteiger partial charge in [-0.2, -0.15) is 0 Å². The summed E-state index contributed by atoms with van der Waals surface area (Å²) in [6.07, 6.45) is 6.46. The Morgan fingerprint density at radius 3 is 2.66 bits per heavy atom. The second-order valence-electron chi connectivity index (χ2n) is 10.2. The van der Waals surface area contributed by atoms with E-state index < -0.39 is 24.2 Å². The number of nitrogens with one attached hydrogen (secondary N) is 1. The van der Waals surface area contributed by atoms with Crippen LogP contribution in [0.1, 0.15) is 50.0 Å². The van der Waals surface area contributed by atoms with Crippen LogP contribution < -0.4 is 10.1 Å². The fourth-order valence-corrected chi connectivity index (χ4v) is 6.16. The molecule has 0 aromatic heterocycles. The highest BCUT2D eigenvalue weighted by Gasteiger charge is 2.51. The molecule has 2 aliphatic heterocycles. The third-order valence-corrected chi connectivity index (χ3v) is 7.98. The predicted molar refractivity (Wildman–Crippen MR) is 129 cm³/mol. The maximum Gasteiger partial charge on any atom is 0.247 e. The van der Waals surface area contributed by atoms with E-state index in [0.29, 0.717) is 43.4 Å². The van der Waals surface area contributed by atoms with Crippen molar-refractivity contribution >= 4 is 11.8 Å². The van der Waals surface area contributed by atoms with Crippen molar-refractivity contribution in [3.05, 3.63) is 41.5 Å². The van der Waals surface area contributed by atoms with E-state index in [1.165, 1.54) is 6.42 Å². The van der Waals surface area contributed by atoms with Gasteiger partial charge in [-0.1, -0.05) is 37.5 Å². The summed E-state index contributed by atoms with van der Waals surface area (Å²) in [5.41, 5.74) is 1.34. The Morgan fingerprint density at radius 2 is 1.91 bits per heavy atom. The standard InChI is InChI=1S/C27H36N2O6/c30-12-11-28-26(32)20-14-21(24(31)25-23(20)19-8-4-5-9-22(19)35-25)29(15-17-6-2-1-3-7-17)27(33)18-10-13-34-16-18/h4-5,8-9,14,17-18,21,23-25,30-31H,1-3,6-7,10-13,15-16H2,(H,28,32)/t18?,21-,23+,24+,25+/m1/s1. The molecule has 190 valence electrons. The lowest BCUT2D eigenvalue weighted by Crippen LogP contribution is -2.57. The molecule has 1 aromatic carbocycles. The fraction of sp³-hybridized carbons (Fsp3) is 0.630. The minimum Gasteiger partial charge on any atom is -0.486 e. The number of hydrogen-bond donors (Lipinski definition) is 3. The van der Waals surface area contributed by atoms with Gasteiger partial charge in [-0.05, 0) is 37.3 Å². The number of carbonyl (C=O) groups is 2. The number of fused-ring (bicyclic) bond motifs is 3. The number of aliphatic hydroxyl groups is 2. The van der Waals surface area contributed by atoms with Crippen molar-refractivity contribution < 1.29 is 29.3 Å². The van der Waals surface area contributed by atoms with Crippen molar-refractivity contribution in [3.8, 4) is 5.75 Å². The van der Waals surface area contributed by atoms with Crippen LogP contribution in [0.3, 0.4) is 0 Å². The van der Waals surface area contributed by atoms with E-state index >= 15 is 0 Å². The summed E-state index contributed by atoms with van der Waals surface area (Å²) in [7, 11) is 0. The van der Waals surface area contributed by atoms with E-state index in [-0.39, 0.29) is 30.9 Å². The minimum atomic E-state index is -0.975. The first kappa shape index (κ1) is 24.3. The number of para-hydroxylation sites is 1. The SMILES string of the molecule is O=C(NCCO)C1=C[C@@H](N(CC2CCCCC2)C(=O)C2CCOC2)[C@H](O)[C@H]2Oc3ccccc3[C@@H]12. The van der Waals surface area contributed by atoms with Gasteiger partial charge in [0.1, 0.15) is 18.0 Å². The van der Waals surface area contributed by atoms with E-state index in [1.54, 1.807) is 6.08 Å². The maximum absolute atomic E-state index is 13.8. The molecule has 2 aliphatic carbocycles. The third-order valence-electron chi connectivity index (χ3n) is 7.98. The molecule has 1 unspecified atom stereocenters. The number of aliphatic hydroxyl groups excluding tert-OH is 2. The Morgan fingerprint density at radius 1 is 1.11 bits per heavy atom. The number of amides is 2. The van der Waals surface area contributed by atoms with Gasteiger partial charge in [0.15, 0.2) is 0 Å². The van der Waals surface area contributed by atoms with Crippen molar-refractivity contribution in [1.82, 2.24) is 10.2 Å². The summed E-state index contributed by atoms with van der Waals surface area (Å²) in [5.74, 6) is 0.0416. The van der Waals surface area contributed by atoms with Crippen LogP contribution in [0.2, 0.25) is 0 Å². The van der Waals surface area contributed by atoms with Crippen molar-refractivity contribution in [1.29, 1.82) is 0 Å². The molecule has 1 saturated carbocycles. The molecule has 0 bridgehead atoms. The Balaban J connectivity index is 1.51. The van der Waals surface area contributed by atoms with Crippen LogP contribution in [0.25, 0.3) is 0 Å². The first-order valence-electron chi connectivity index (χ1n) is 13.0. The van der Waals surface area contributed by atoms with Gasteiger partial charge < -0.3 is 29.9 Å². The highest BCUT2D eigenvalue weighted by Crippen LogP contribution is 2.47. The number of nitrogens with zero attached hydrogens (tertiary/aromatic N) is 1. The van der Waals surface area contributed by atoms with Gasteiger partial charge in [0, 0.05) is 30.8 Å². The normalized spacial score (nSPS) is 30.1. The second-order valence-corrected chi connectivity index (χ2v) is 10.2. The first-order chi connectivity index (χ1) is 17.1. The van der Waals surface area contributed by atoms with Crippen LogP contribution in [-0.4, -0.2) is 78.1 Å². The summed E-state index contributed by atoms with van der Waals surface area (Å²) in [6, 6.07) is 6.86. The molecule has 3 N–H and O–H groups in total. The molecule has 0 radical (unpaired) electrons. The molecule has 0 spiro atoms. The molecule has 4 aliphatic rings. The Labute approximate surface area is 206 Å². The quantitative estimate of drug-likeness (QED) is 0.544. The maximum atomic E-state index is 13.8. The lowest BCUT2D eigenvalue weighted by atomic mass is 9.77. The Hall–Kier alpha value is -2.42. The highest BCUT2D eigenvalue weighted by molar-refractivity contribution is 5.96. The molecule has 2 heterocycles. The summed E-state index contributed by atoms with van der Waals surface area (Å²) < 4.78 is 11.7. The van der Waals surface area contributed by atoms with Gasteiger partial charge >= 0.3 is 0 Å². The van der Waals surface area contributed by atoms with Crippen molar-refractivity contribution in [2.75, 3.05) is 32.9 Å². The van der Waals surface area contributed by atoms with E-state index in [4.69, 9.17) is 9.47 Å². The largest absolute Gasteiger partial charge is 0.486 e. The van der Waals surface area contributed by atoms with Crippen molar-refractivity contribution in [2.24, 2.45) is 11.8 Å². The minimum absolute atomic E-state index is 0.0162. The summed E-state index contributed by atoms with van der Waals surface area (Å²) in [6.45, 7) is 1.48. The van der Waals surface area contributed by atoms with Crippen LogP contribution in [0.15, 0.2) is 35.9 Å². The summed E-state index contributed by atoms with van der Waals surface area (Å²) >= 11 is 0. The van der Waals surface area contributed by atoms with E-state index in [1.807, 2.05) is 29.2 Å². The lowest BCUT2D eigenvalue weighted by molar-refractivity contribution is -0.142. The molecular weight excluding hydrogens is 448 g/mol. The van der Waals surface area contributed by atoms with Crippen molar-refractivity contribution in [3.63, 3.8) is 0 Å². The molecule has 35 heavy (non-hydrogen) atoms. The molecule has 2 amide bonds. The van der Waals surface area contributed by atoms with E-state index in [9.17, 15) is 19.8 Å². The van der Waals surface area contributed by atoms with E-state index in [2.05, 4.69) is 5.32 Å². The third kappa shape index (κ3) is 4.84. The number of hydrogen-bond acceptors (Lipinski definition) is 6. The van der Waals surface area contributed by atoms with Crippen LogP contribution >= 0.6 is 0 Å². The average molecular weight is 485 g/mol. The number of benzene rings is 1. The second kappa shape index (κ2) is 10.7. The van der Waals surface area contributed by atoms with Gasteiger partial charge in [-0.25, -0.2) is 0 Å². The number of ether oxygens (including phenoxy) is 2. The smallest absolute Gasteiger partial charge is 0.247 e. The zero-order chi connectivity index (χ0) is 24.4. The highest BCUT2D eigenvalue weighted by atomic mass is 16.5. The summed E-state index contributed by atoms with van der Waals surface area (Å²) in [5, 5.41) is 23.6. The monoisotopic (exact) mass is 484 g/mol. The van der Waals surface area contributed by atoms with Gasteiger partial charge in [-0.3, -0.25) is 9.59 Å². The zero-order valence-electron chi connectivity index (χ0n) is 20.1. The molecule has 8 heteroatoms. The van der Waals surface area contributed by atoms with Gasteiger partial charge in [0.25, 0.3) is 0 Å². The van der Waals surface area contributed by atoms with E-state index in [0.717, 1.165) is 31.2 Å². The molecule has 5 atom stereocenters. The molecule has 2 fully saturated rings. The van der Waals surface area contributed by atoms with Gasteiger partial charge in [0.2, 0.25) is 11.8 Å².